The Kier molecular flexibility index (Phi) is 4.47. The second-order valence-corrected chi connectivity index (χ2v) is 5.21. The highest BCUT2D eigenvalue weighted by Crippen LogP contribution is 2.12. The molecule has 0 fully saturated rings. The number of sulfonamides is 1. The zero-order valence-corrected chi connectivity index (χ0v) is 10.1. The van der Waals surface area contributed by atoms with Gasteiger partial charge in [-0.3, -0.25) is 9.52 Å². The van der Waals surface area contributed by atoms with Crippen LogP contribution in [0.25, 0.3) is 0 Å². The highest BCUT2D eigenvalue weighted by Gasteiger charge is 2.15. The summed E-state index contributed by atoms with van der Waals surface area (Å²) in [7, 11) is -2.06. The van der Waals surface area contributed by atoms with Crippen molar-refractivity contribution in [3.05, 3.63) is 29.8 Å². The summed E-state index contributed by atoms with van der Waals surface area (Å²) in [4.78, 5) is 10.3. The van der Waals surface area contributed by atoms with Crippen molar-refractivity contribution in [1.29, 1.82) is 0 Å². The van der Waals surface area contributed by atoms with Crippen LogP contribution in [0.3, 0.4) is 0 Å². The van der Waals surface area contributed by atoms with E-state index in [2.05, 4.69) is 10.0 Å². The first kappa shape index (κ1) is 13.5. The molecule has 3 N–H and O–H groups in total. The van der Waals surface area contributed by atoms with E-state index in [1.54, 1.807) is 25.2 Å². The molecule has 0 spiro atoms. The monoisotopic (exact) mass is 258 g/mol. The smallest absolute Gasteiger partial charge is 0.320 e. The molecular formula is C10H14N2O4S. The molecule has 7 heteroatoms. The number of benzene rings is 1. The number of carboxylic acid groups (broad SMARTS) is 1. The zero-order chi connectivity index (χ0) is 12.9. The predicted octanol–water partition coefficient (Wildman–Crippen LogP) is 0.232. The van der Waals surface area contributed by atoms with Crippen LogP contribution < -0.4 is 10.0 Å². The molecule has 0 unspecified atom stereocenters. The van der Waals surface area contributed by atoms with Crippen LogP contribution in [-0.4, -0.2) is 32.3 Å². The van der Waals surface area contributed by atoms with Crippen LogP contribution in [0.5, 0.6) is 0 Å². The van der Waals surface area contributed by atoms with E-state index in [0.29, 0.717) is 12.2 Å². The van der Waals surface area contributed by atoms with Gasteiger partial charge >= 0.3 is 5.97 Å². The van der Waals surface area contributed by atoms with E-state index in [4.69, 9.17) is 5.11 Å². The maximum Gasteiger partial charge on any atom is 0.320 e. The van der Waals surface area contributed by atoms with Crippen LogP contribution >= 0.6 is 0 Å². The Morgan fingerprint density at radius 2 is 2.12 bits per heavy atom. The van der Waals surface area contributed by atoms with Crippen LogP contribution in [0.2, 0.25) is 0 Å². The van der Waals surface area contributed by atoms with Gasteiger partial charge in [-0.25, -0.2) is 8.42 Å². The minimum Gasteiger partial charge on any atom is -0.480 e. The van der Waals surface area contributed by atoms with Crippen LogP contribution in [0.1, 0.15) is 5.56 Å². The molecule has 0 heterocycles. The maximum atomic E-state index is 11.4. The fraction of sp³-hybridized carbons (Fsp3) is 0.300. The van der Waals surface area contributed by atoms with E-state index in [1.165, 1.54) is 0 Å². The molecule has 0 aliphatic rings. The van der Waals surface area contributed by atoms with Crippen molar-refractivity contribution in [1.82, 2.24) is 5.32 Å². The second kappa shape index (κ2) is 5.65. The molecule has 0 aromatic heterocycles. The molecule has 0 bridgehead atoms. The number of nitrogens with one attached hydrogen (secondary N) is 2. The number of hydrogen-bond donors (Lipinski definition) is 3. The van der Waals surface area contributed by atoms with Crippen molar-refractivity contribution in [2.75, 3.05) is 17.5 Å². The van der Waals surface area contributed by atoms with Crippen molar-refractivity contribution in [3.8, 4) is 0 Å². The number of carbonyl (C=O) groups is 1. The summed E-state index contributed by atoms with van der Waals surface area (Å²) < 4.78 is 25.0. The van der Waals surface area contributed by atoms with E-state index in [1.807, 2.05) is 6.07 Å². The first-order valence-corrected chi connectivity index (χ1v) is 6.54. The quantitative estimate of drug-likeness (QED) is 0.679. The predicted molar refractivity (Wildman–Crippen MR) is 64.3 cm³/mol. The Bertz CT molecular complexity index is 499. The lowest BCUT2D eigenvalue weighted by Crippen LogP contribution is -2.22. The van der Waals surface area contributed by atoms with Gasteiger partial charge in [-0.05, 0) is 24.7 Å². The number of aliphatic carboxylic acids is 1. The van der Waals surface area contributed by atoms with Crippen molar-refractivity contribution >= 4 is 21.7 Å². The largest absolute Gasteiger partial charge is 0.480 e. The SMILES string of the molecule is CNCc1cccc(NS(=O)(=O)CC(=O)O)c1. The van der Waals surface area contributed by atoms with E-state index in [0.717, 1.165) is 5.56 Å². The maximum absolute atomic E-state index is 11.4. The third-order valence-corrected chi connectivity index (χ3v) is 3.07. The fourth-order valence-corrected chi connectivity index (χ4v) is 2.21. The first-order chi connectivity index (χ1) is 7.93. The standard InChI is InChI=1S/C10H14N2O4S/c1-11-6-8-3-2-4-9(5-8)12-17(15,16)7-10(13)14/h2-5,11-12H,6-7H2,1H3,(H,13,14). The highest BCUT2D eigenvalue weighted by atomic mass is 32.2. The molecule has 0 amide bonds. The van der Waals surface area contributed by atoms with Gasteiger partial charge in [0.1, 0.15) is 0 Å². The van der Waals surface area contributed by atoms with Crippen molar-refractivity contribution in [2.45, 2.75) is 6.54 Å². The average Bonchev–Trinajstić information content (AvgIpc) is 2.15. The van der Waals surface area contributed by atoms with E-state index >= 15 is 0 Å². The van der Waals surface area contributed by atoms with E-state index in [9.17, 15) is 13.2 Å². The van der Waals surface area contributed by atoms with Gasteiger partial charge in [-0.1, -0.05) is 12.1 Å². The molecule has 1 aromatic rings. The molecule has 6 nitrogen and oxygen atoms in total. The molecule has 0 atom stereocenters. The van der Waals surface area contributed by atoms with Gasteiger partial charge in [0.25, 0.3) is 0 Å². The van der Waals surface area contributed by atoms with Crippen molar-refractivity contribution in [2.24, 2.45) is 0 Å². The highest BCUT2D eigenvalue weighted by molar-refractivity contribution is 7.93. The molecule has 17 heavy (non-hydrogen) atoms. The third kappa shape index (κ3) is 4.83. The lowest BCUT2D eigenvalue weighted by Gasteiger charge is -2.07. The van der Waals surface area contributed by atoms with Gasteiger partial charge < -0.3 is 10.4 Å². The van der Waals surface area contributed by atoms with Gasteiger partial charge in [-0.2, -0.15) is 0 Å². The summed E-state index contributed by atoms with van der Waals surface area (Å²) >= 11 is 0. The lowest BCUT2D eigenvalue weighted by molar-refractivity contribution is -0.134. The number of anilines is 1. The normalized spacial score (nSPS) is 11.1. The van der Waals surface area contributed by atoms with Crippen LogP contribution in [-0.2, 0) is 21.4 Å². The third-order valence-electron chi connectivity index (χ3n) is 1.89. The lowest BCUT2D eigenvalue weighted by atomic mass is 10.2. The van der Waals surface area contributed by atoms with Crippen molar-refractivity contribution < 1.29 is 18.3 Å². The second-order valence-electron chi connectivity index (χ2n) is 3.49. The van der Waals surface area contributed by atoms with E-state index in [-0.39, 0.29) is 0 Å². The molecular weight excluding hydrogens is 244 g/mol. The van der Waals surface area contributed by atoms with Crippen LogP contribution in [0.4, 0.5) is 5.69 Å². The Hall–Kier alpha value is -1.60. The summed E-state index contributed by atoms with van der Waals surface area (Å²) in [5.41, 5.74) is 1.27. The molecule has 0 aliphatic carbocycles. The summed E-state index contributed by atoms with van der Waals surface area (Å²) in [5.74, 6) is -2.33. The first-order valence-electron chi connectivity index (χ1n) is 4.89. The van der Waals surface area contributed by atoms with Gasteiger partial charge in [0.15, 0.2) is 5.75 Å². The minimum atomic E-state index is -3.84. The number of rotatable bonds is 6. The Labute approximate surface area is 99.7 Å². The minimum absolute atomic E-state index is 0.360. The van der Waals surface area contributed by atoms with Gasteiger partial charge in [0, 0.05) is 12.2 Å². The molecule has 0 saturated carbocycles. The summed E-state index contributed by atoms with van der Waals surface area (Å²) in [5, 5.41) is 11.4. The molecule has 94 valence electrons. The summed E-state index contributed by atoms with van der Waals surface area (Å²) in [6, 6.07) is 6.76. The van der Waals surface area contributed by atoms with Gasteiger partial charge in [-0.15, -0.1) is 0 Å². The molecule has 0 saturated heterocycles. The van der Waals surface area contributed by atoms with Gasteiger partial charge in [0.05, 0.1) is 0 Å². The average molecular weight is 258 g/mol. The molecule has 1 rings (SSSR count). The van der Waals surface area contributed by atoms with Crippen molar-refractivity contribution in [3.63, 3.8) is 0 Å². The number of hydrogen-bond acceptors (Lipinski definition) is 4. The fourth-order valence-electron chi connectivity index (χ4n) is 1.33. The topological polar surface area (TPSA) is 95.5 Å². The van der Waals surface area contributed by atoms with Crippen LogP contribution in [0.15, 0.2) is 24.3 Å². The molecule has 0 radical (unpaired) electrons. The molecule has 1 aromatic carbocycles. The van der Waals surface area contributed by atoms with E-state index < -0.39 is 21.7 Å². The Morgan fingerprint density at radius 1 is 1.41 bits per heavy atom. The summed E-state index contributed by atoms with van der Waals surface area (Å²) in [6.07, 6.45) is 0. The Balaban J connectivity index is 2.81. The Morgan fingerprint density at radius 3 is 2.71 bits per heavy atom. The van der Waals surface area contributed by atoms with Crippen LogP contribution in [0, 0.1) is 0 Å². The number of carboxylic acids is 1. The van der Waals surface area contributed by atoms with Gasteiger partial charge in [0.2, 0.25) is 10.0 Å². The zero-order valence-electron chi connectivity index (χ0n) is 9.30. The molecule has 0 aliphatic heterocycles. The summed E-state index contributed by atoms with van der Waals surface area (Å²) in [6.45, 7) is 0.606.